The Morgan fingerprint density at radius 1 is 1.09 bits per heavy atom. The van der Waals surface area contributed by atoms with Crippen LogP contribution in [0, 0.1) is 6.92 Å². The summed E-state index contributed by atoms with van der Waals surface area (Å²) in [6.45, 7) is 2.04. The van der Waals surface area contributed by atoms with E-state index in [4.69, 9.17) is 4.42 Å². The van der Waals surface area contributed by atoms with E-state index in [1.807, 2.05) is 37.4 Å². The molecule has 1 N–H and O–H groups in total. The summed E-state index contributed by atoms with van der Waals surface area (Å²) in [4.78, 5) is 19.1. The Hall–Kier alpha value is -3.14. The van der Waals surface area contributed by atoms with Gasteiger partial charge < -0.3 is 9.40 Å². The van der Waals surface area contributed by atoms with Crippen molar-refractivity contribution >= 4 is 33.8 Å². The van der Waals surface area contributed by atoms with Gasteiger partial charge in [0.05, 0.1) is 5.69 Å². The highest BCUT2D eigenvalue weighted by molar-refractivity contribution is 6.01. The van der Waals surface area contributed by atoms with Crippen LogP contribution in [0.1, 0.15) is 11.3 Å². The third-order valence-electron chi connectivity index (χ3n) is 3.89. The molecule has 4 heteroatoms. The van der Waals surface area contributed by atoms with Crippen LogP contribution < -0.4 is 5.63 Å². The molecule has 0 unspecified atom stereocenters. The molecule has 0 fully saturated rings. The van der Waals surface area contributed by atoms with Crippen LogP contribution in [0.5, 0.6) is 0 Å². The van der Waals surface area contributed by atoms with Gasteiger partial charge in [0.2, 0.25) is 0 Å². The highest BCUT2D eigenvalue weighted by Gasteiger charge is 2.05. The molecule has 23 heavy (non-hydrogen) atoms. The zero-order chi connectivity index (χ0) is 15.8. The number of nitrogens with one attached hydrogen (secondary N) is 1. The van der Waals surface area contributed by atoms with Crippen molar-refractivity contribution in [2.75, 3.05) is 0 Å². The number of rotatable bonds is 2. The van der Waals surface area contributed by atoms with Gasteiger partial charge in [0.25, 0.3) is 0 Å². The molecule has 0 bridgehead atoms. The van der Waals surface area contributed by atoms with Gasteiger partial charge in [-0.15, -0.1) is 0 Å². The number of nitrogens with zero attached hydrogens (tertiary/aromatic N) is 1. The van der Waals surface area contributed by atoms with E-state index >= 15 is 0 Å². The number of benzene rings is 2. The zero-order valence-electron chi connectivity index (χ0n) is 12.5. The Kier molecular flexibility index (Phi) is 3.08. The van der Waals surface area contributed by atoms with Crippen LogP contribution in [0.15, 0.2) is 68.8 Å². The number of hydrogen-bond acceptors (Lipinski definition) is 3. The van der Waals surface area contributed by atoms with E-state index in [0.717, 1.165) is 33.2 Å². The number of para-hydroxylation sites is 1. The topological polar surface area (TPSA) is 58.4 Å². The van der Waals surface area contributed by atoms with E-state index in [9.17, 15) is 4.79 Å². The first-order chi connectivity index (χ1) is 11.2. The molecular weight excluding hydrogens is 288 g/mol. The smallest absolute Gasteiger partial charge is 0.336 e. The van der Waals surface area contributed by atoms with E-state index in [2.05, 4.69) is 22.1 Å². The quantitative estimate of drug-likeness (QED) is 0.442. The van der Waals surface area contributed by atoms with E-state index < -0.39 is 0 Å². The van der Waals surface area contributed by atoms with Crippen LogP contribution in [0.3, 0.4) is 0 Å². The van der Waals surface area contributed by atoms with E-state index in [1.165, 1.54) is 6.07 Å². The van der Waals surface area contributed by atoms with Crippen molar-refractivity contribution in [3.8, 4) is 0 Å². The fraction of sp³-hybridized carbons (Fsp3) is 0.0526. The second-order valence-electron chi connectivity index (χ2n) is 5.44. The summed E-state index contributed by atoms with van der Waals surface area (Å²) in [5.41, 5.74) is 4.31. The van der Waals surface area contributed by atoms with Crippen LogP contribution in [-0.4, -0.2) is 11.2 Å². The summed E-state index contributed by atoms with van der Waals surface area (Å²) in [6, 6.07) is 16.8. The van der Waals surface area contributed by atoms with Gasteiger partial charge >= 0.3 is 5.63 Å². The molecule has 2 aromatic carbocycles. The molecule has 4 rings (SSSR count). The van der Waals surface area contributed by atoms with Gasteiger partial charge in [-0.2, -0.15) is 0 Å². The minimum absolute atomic E-state index is 0.344. The van der Waals surface area contributed by atoms with Crippen molar-refractivity contribution in [2.24, 2.45) is 4.99 Å². The average molecular weight is 302 g/mol. The van der Waals surface area contributed by atoms with Crippen LogP contribution in [0.4, 0.5) is 5.69 Å². The Morgan fingerprint density at radius 2 is 1.96 bits per heavy atom. The highest BCUT2D eigenvalue weighted by atomic mass is 16.4. The lowest BCUT2D eigenvalue weighted by molar-refractivity contribution is 0.561. The maximum atomic E-state index is 11.2. The summed E-state index contributed by atoms with van der Waals surface area (Å²) in [5, 5.41) is 2.01. The standard InChI is InChI=1S/C19H14N2O2/c1-12-16(15-4-2-3-5-17(15)21-12)11-20-14-7-8-18-13(10-14)6-9-19(22)23-18/h2-11,21H,1H3. The number of aliphatic imine (C=N–C) groups is 1. The molecular formula is C19H14N2O2. The molecule has 0 atom stereocenters. The molecule has 2 aromatic heterocycles. The number of H-pyrrole nitrogens is 1. The number of fused-ring (bicyclic) bond motifs is 2. The van der Waals surface area contributed by atoms with Gasteiger partial charge in [0.1, 0.15) is 5.58 Å². The molecule has 0 aliphatic rings. The van der Waals surface area contributed by atoms with Gasteiger partial charge in [-0.1, -0.05) is 18.2 Å². The largest absolute Gasteiger partial charge is 0.423 e. The van der Waals surface area contributed by atoms with E-state index in [0.29, 0.717) is 5.58 Å². The monoisotopic (exact) mass is 302 g/mol. The van der Waals surface area contributed by atoms with Crippen molar-refractivity contribution in [3.05, 3.63) is 76.3 Å². The summed E-state index contributed by atoms with van der Waals surface area (Å²) in [6.07, 6.45) is 1.87. The highest BCUT2D eigenvalue weighted by Crippen LogP contribution is 2.23. The molecule has 0 saturated carbocycles. The maximum Gasteiger partial charge on any atom is 0.336 e. The van der Waals surface area contributed by atoms with Gasteiger partial charge in [0, 0.05) is 39.8 Å². The molecule has 2 heterocycles. The SMILES string of the molecule is Cc1[nH]c2ccccc2c1C=Nc1ccc2oc(=O)ccc2c1. The minimum atomic E-state index is -0.344. The Labute approximate surface area is 132 Å². The first kappa shape index (κ1) is 13.5. The molecule has 4 aromatic rings. The molecule has 0 radical (unpaired) electrons. The zero-order valence-corrected chi connectivity index (χ0v) is 12.5. The van der Waals surface area contributed by atoms with Crippen molar-refractivity contribution in [1.29, 1.82) is 0 Å². The second kappa shape index (κ2) is 5.25. The molecule has 4 nitrogen and oxygen atoms in total. The molecule has 0 spiro atoms. The van der Waals surface area contributed by atoms with Gasteiger partial charge in [-0.05, 0) is 37.3 Å². The molecule has 112 valence electrons. The lowest BCUT2D eigenvalue weighted by Crippen LogP contribution is -1.93. The Morgan fingerprint density at radius 3 is 2.87 bits per heavy atom. The molecule has 0 aliphatic carbocycles. The fourth-order valence-electron chi connectivity index (χ4n) is 2.74. The molecule has 0 aliphatic heterocycles. The maximum absolute atomic E-state index is 11.2. The van der Waals surface area contributed by atoms with Gasteiger partial charge in [-0.25, -0.2) is 4.79 Å². The van der Waals surface area contributed by atoms with E-state index in [1.54, 1.807) is 12.1 Å². The van der Waals surface area contributed by atoms with Crippen molar-refractivity contribution in [1.82, 2.24) is 4.98 Å². The predicted molar refractivity (Wildman–Crippen MR) is 92.8 cm³/mol. The Balaban J connectivity index is 1.77. The van der Waals surface area contributed by atoms with Crippen LogP contribution in [0.25, 0.3) is 21.9 Å². The van der Waals surface area contributed by atoms with Crippen molar-refractivity contribution in [3.63, 3.8) is 0 Å². The van der Waals surface area contributed by atoms with Crippen molar-refractivity contribution < 1.29 is 4.42 Å². The summed E-state index contributed by atoms with van der Waals surface area (Å²) < 4.78 is 5.13. The third kappa shape index (κ3) is 2.44. The number of hydrogen-bond donors (Lipinski definition) is 1. The van der Waals surface area contributed by atoms with Crippen LogP contribution in [0.2, 0.25) is 0 Å². The van der Waals surface area contributed by atoms with Gasteiger partial charge in [0.15, 0.2) is 0 Å². The van der Waals surface area contributed by atoms with Crippen LogP contribution >= 0.6 is 0 Å². The fourth-order valence-corrected chi connectivity index (χ4v) is 2.74. The predicted octanol–water partition coefficient (Wildman–Crippen LogP) is 4.33. The van der Waals surface area contributed by atoms with Crippen molar-refractivity contribution in [2.45, 2.75) is 6.92 Å². The number of aromatic nitrogens is 1. The van der Waals surface area contributed by atoms with Crippen LogP contribution in [-0.2, 0) is 0 Å². The lowest BCUT2D eigenvalue weighted by atomic mass is 10.1. The second-order valence-corrected chi connectivity index (χ2v) is 5.44. The first-order valence-corrected chi connectivity index (χ1v) is 7.36. The molecule has 0 amide bonds. The van der Waals surface area contributed by atoms with Gasteiger partial charge in [-0.3, -0.25) is 4.99 Å². The lowest BCUT2D eigenvalue weighted by Gasteiger charge is -1.98. The first-order valence-electron chi connectivity index (χ1n) is 7.36. The normalized spacial score (nSPS) is 11.7. The van der Waals surface area contributed by atoms with E-state index in [-0.39, 0.29) is 5.63 Å². The third-order valence-corrected chi connectivity index (χ3v) is 3.89. The molecule has 0 saturated heterocycles. The summed E-state index contributed by atoms with van der Waals surface area (Å²) in [7, 11) is 0. The number of aromatic amines is 1. The minimum Gasteiger partial charge on any atom is -0.423 e. The Bertz CT molecular complexity index is 1100. The summed E-state index contributed by atoms with van der Waals surface area (Å²) in [5.74, 6) is 0. The number of aryl methyl sites for hydroxylation is 1. The summed E-state index contributed by atoms with van der Waals surface area (Å²) >= 11 is 0. The average Bonchev–Trinajstić information content (AvgIpc) is 2.88.